The summed E-state index contributed by atoms with van der Waals surface area (Å²) in [4.78, 5) is 3.97. The van der Waals surface area contributed by atoms with E-state index in [-0.39, 0.29) is 0 Å². The van der Waals surface area contributed by atoms with Crippen molar-refractivity contribution in [3.05, 3.63) is 21.9 Å². The van der Waals surface area contributed by atoms with Gasteiger partial charge in [-0.3, -0.25) is 0 Å². The number of aryl methyl sites for hydroxylation is 1. The highest BCUT2D eigenvalue weighted by Gasteiger charge is 2.18. The molecule has 0 spiro atoms. The Hall–Kier alpha value is -0.340. The third-order valence-electron chi connectivity index (χ3n) is 3.21. The molecule has 2 heteroatoms. The van der Waals surface area contributed by atoms with Crippen LogP contribution in [0.4, 0.5) is 0 Å². The average molecular weight is 209 g/mol. The van der Waals surface area contributed by atoms with Crippen molar-refractivity contribution in [1.82, 2.24) is 4.90 Å². The van der Waals surface area contributed by atoms with E-state index in [0.717, 1.165) is 5.92 Å². The summed E-state index contributed by atoms with van der Waals surface area (Å²) < 4.78 is 0. The van der Waals surface area contributed by atoms with Gasteiger partial charge in [0.15, 0.2) is 0 Å². The van der Waals surface area contributed by atoms with Crippen molar-refractivity contribution in [2.75, 3.05) is 20.1 Å². The molecule has 0 bridgehead atoms. The first-order chi connectivity index (χ1) is 6.79. The van der Waals surface area contributed by atoms with Crippen LogP contribution in [0, 0.1) is 0 Å². The molecule has 0 aliphatic carbocycles. The highest BCUT2D eigenvalue weighted by atomic mass is 32.1. The first kappa shape index (κ1) is 10.2. The maximum Gasteiger partial charge on any atom is 0.00454 e. The Kier molecular flexibility index (Phi) is 3.24. The lowest BCUT2D eigenvalue weighted by molar-refractivity contribution is 0.255. The fourth-order valence-electron chi connectivity index (χ4n) is 2.14. The standard InChI is InChI=1S/C12H19NS/c1-3-12-8-11(9-14-12)10-4-6-13(2)7-5-10/h8-10H,3-7H2,1-2H3. The van der Waals surface area contributed by atoms with Crippen molar-refractivity contribution >= 4 is 11.3 Å². The lowest BCUT2D eigenvalue weighted by atomic mass is 9.91. The van der Waals surface area contributed by atoms with Crippen LogP contribution < -0.4 is 0 Å². The predicted molar refractivity (Wildman–Crippen MR) is 63.2 cm³/mol. The molecule has 78 valence electrons. The van der Waals surface area contributed by atoms with Crippen molar-refractivity contribution in [3.63, 3.8) is 0 Å². The maximum atomic E-state index is 2.43. The van der Waals surface area contributed by atoms with Crippen LogP contribution in [-0.4, -0.2) is 25.0 Å². The van der Waals surface area contributed by atoms with E-state index >= 15 is 0 Å². The van der Waals surface area contributed by atoms with Crippen LogP contribution >= 0.6 is 11.3 Å². The zero-order valence-electron chi connectivity index (χ0n) is 9.12. The molecule has 2 heterocycles. The van der Waals surface area contributed by atoms with Crippen molar-refractivity contribution < 1.29 is 0 Å². The largest absolute Gasteiger partial charge is 0.306 e. The van der Waals surface area contributed by atoms with Crippen LogP contribution in [-0.2, 0) is 6.42 Å². The Morgan fingerprint density at radius 2 is 2.14 bits per heavy atom. The smallest absolute Gasteiger partial charge is 0.00454 e. The van der Waals surface area contributed by atoms with Crippen LogP contribution in [0.2, 0.25) is 0 Å². The van der Waals surface area contributed by atoms with E-state index in [1.54, 1.807) is 10.4 Å². The van der Waals surface area contributed by atoms with Crippen LogP contribution in [0.5, 0.6) is 0 Å². The molecule has 1 aliphatic heterocycles. The molecule has 0 amide bonds. The summed E-state index contributed by atoms with van der Waals surface area (Å²) in [5.41, 5.74) is 1.60. The molecule has 0 N–H and O–H groups in total. The first-order valence-corrected chi connectivity index (χ1v) is 6.43. The Morgan fingerprint density at radius 1 is 1.43 bits per heavy atom. The fraction of sp³-hybridized carbons (Fsp3) is 0.667. The Labute approximate surface area is 90.7 Å². The SMILES string of the molecule is CCc1cc(C2CCN(C)CC2)cs1. The van der Waals surface area contributed by atoms with Gasteiger partial charge in [-0.1, -0.05) is 6.92 Å². The van der Waals surface area contributed by atoms with Gasteiger partial charge in [-0.15, -0.1) is 11.3 Å². The van der Waals surface area contributed by atoms with Gasteiger partial charge in [0.2, 0.25) is 0 Å². The summed E-state index contributed by atoms with van der Waals surface area (Å²) in [6.45, 7) is 4.77. The van der Waals surface area contributed by atoms with Crippen LogP contribution in [0.3, 0.4) is 0 Å². The zero-order chi connectivity index (χ0) is 9.97. The zero-order valence-corrected chi connectivity index (χ0v) is 9.94. The molecule has 0 unspecified atom stereocenters. The summed E-state index contributed by atoms with van der Waals surface area (Å²) in [6.07, 6.45) is 3.88. The van der Waals surface area contributed by atoms with Crippen molar-refractivity contribution in [2.24, 2.45) is 0 Å². The van der Waals surface area contributed by atoms with Gasteiger partial charge in [0.1, 0.15) is 0 Å². The summed E-state index contributed by atoms with van der Waals surface area (Å²) >= 11 is 1.93. The monoisotopic (exact) mass is 209 g/mol. The number of rotatable bonds is 2. The van der Waals surface area contributed by atoms with Crippen LogP contribution in [0.25, 0.3) is 0 Å². The lowest BCUT2D eigenvalue weighted by Crippen LogP contribution is -2.29. The third-order valence-corrected chi connectivity index (χ3v) is 4.31. The van der Waals surface area contributed by atoms with E-state index in [0.29, 0.717) is 0 Å². The minimum absolute atomic E-state index is 0.836. The lowest BCUT2D eigenvalue weighted by Gasteiger charge is -2.28. The molecule has 14 heavy (non-hydrogen) atoms. The molecule has 0 atom stereocenters. The van der Waals surface area contributed by atoms with Crippen molar-refractivity contribution in [1.29, 1.82) is 0 Å². The second kappa shape index (κ2) is 4.45. The van der Waals surface area contributed by atoms with Crippen LogP contribution in [0.1, 0.15) is 36.1 Å². The highest BCUT2D eigenvalue weighted by molar-refractivity contribution is 7.10. The number of piperidine rings is 1. The Balaban J connectivity index is 2.01. The van der Waals surface area contributed by atoms with Gasteiger partial charge in [0, 0.05) is 4.88 Å². The molecule has 1 fully saturated rings. The minimum atomic E-state index is 0.836. The van der Waals surface area contributed by atoms with Gasteiger partial charge < -0.3 is 4.90 Å². The topological polar surface area (TPSA) is 3.24 Å². The molecule has 1 saturated heterocycles. The second-order valence-corrected chi connectivity index (χ2v) is 5.27. The summed E-state index contributed by atoms with van der Waals surface area (Å²) in [6, 6.07) is 2.42. The number of nitrogens with zero attached hydrogens (tertiary/aromatic N) is 1. The fourth-order valence-corrected chi connectivity index (χ4v) is 3.06. The average Bonchev–Trinajstić information content (AvgIpc) is 2.67. The minimum Gasteiger partial charge on any atom is -0.306 e. The molecule has 1 aromatic rings. The third kappa shape index (κ3) is 2.18. The Morgan fingerprint density at radius 3 is 2.71 bits per heavy atom. The molecule has 2 rings (SSSR count). The van der Waals surface area contributed by atoms with Gasteiger partial charge in [0.25, 0.3) is 0 Å². The molecular weight excluding hydrogens is 190 g/mol. The normalized spacial score (nSPS) is 20.1. The maximum absolute atomic E-state index is 2.43. The number of likely N-dealkylation sites (tertiary alicyclic amines) is 1. The molecule has 0 aromatic carbocycles. The first-order valence-electron chi connectivity index (χ1n) is 5.55. The quantitative estimate of drug-likeness (QED) is 0.723. The number of hydrogen-bond acceptors (Lipinski definition) is 2. The van der Waals surface area contributed by atoms with E-state index in [1.165, 1.54) is 32.4 Å². The molecular formula is C12H19NS. The van der Waals surface area contributed by atoms with Gasteiger partial charge in [-0.25, -0.2) is 0 Å². The highest BCUT2D eigenvalue weighted by Crippen LogP contribution is 2.30. The van der Waals surface area contributed by atoms with Crippen molar-refractivity contribution in [2.45, 2.75) is 32.1 Å². The number of hydrogen-bond donors (Lipinski definition) is 0. The van der Waals surface area contributed by atoms with Gasteiger partial charge in [-0.05, 0) is 62.3 Å². The van der Waals surface area contributed by atoms with E-state index < -0.39 is 0 Å². The van der Waals surface area contributed by atoms with E-state index in [4.69, 9.17) is 0 Å². The van der Waals surface area contributed by atoms with Gasteiger partial charge in [-0.2, -0.15) is 0 Å². The van der Waals surface area contributed by atoms with Crippen molar-refractivity contribution in [3.8, 4) is 0 Å². The molecule has 1 aromatic heterocycles. The van der Waals surface area contributed by atoms with E-state index in [2.05, 4.69) is 30.3 Å². The molecule has 0 saturated carbocycles. The Bertz CT molecular complexity index is 284. The second-order valence-electron chi connectivity index (χ2n) is 4.28. The molecule has 1 aliphatic rings. The molecule has 0 radical (unpaired) electrons. The van der Waals surface area contributed by atoms with Crippen LogP contribution in [0.15, 0.2) is 11.4 Å². The number of thiophene rings is 1. The van der Waals surface area contributed by atoms with E-state index in [1.807, 2.05) is 11.3 Å². The predicted octanol–water partition coefficient (Wildman–Crippen LogP) is 3.12. The summed E-state index contributed by atoms with van der Waals surface area (Å²) in [7, 11) is 2.22. The molecule has 1 nitrogen and oxygen atoms in total. The summed E-state index contributed by atoms with van der Waals surface area (Å²) in [5, 5.41) is 2.37. The van der Waals surface area contributed by atoms with Gasteiger partial charge in [0.05, 0.1) is 0 Å². The summed E-state index contributed by atoms with van der Waals surface area (Å²) in [5.74, 6) is 0.836. The van der Waals surface area contributed by atoms with E-state index in [9.17, 15) is 0 Å². The van der Waals surface area contributed by atoms with Gasteiger partial charge >= 0.3 is 0 Å².